The number of nitrogens with one attached hydrogen (secondary N) is 1. The number of carbonyl (C=O) groups excluding carboxylic acids is 1. The van der Waals surface area contributed by atoms with Crippen LogP contribution in [0.25, 0.3) is 0 Å². The third kappa shape index (κ3) is 5.40. The molecular formula is C23H32N4O2. The normalized spacial score (nSPS) is 22.1. The van der Waals surface area contributed by atoms with E-state index in [0.29, 0.717) is 17.7 Å². The Hall–Kier alpha value is -2.31. The molecule has 0 aliphatic carbocycles. The zero-order chi connectivity index (χ0) is 20.8. The van der Waals surface area contributed by atoms with Crippen molar-refractivity contribution in [3.63, 3.8) is 0 Å². The van der Waals surface area contributed by atoms with Gasteiger partial charge in [-0.3, -0.25) is 9.78 Å². The van der Waals surface area contributed by atoms with Crippen molar-refractivity contribution in [2.24, 2.45) is 5.92 Å². The van der Waals surface area contributed by atoms with Crippen LogP contribution in [0.1, 0.15) is 62.7 Å². The second kappa shape index (κ2) is 9.94. The summed E-state index contributed by atoms with van der Waals surface area (Å²) in [6.45, 7) is 11.0. The van der Waals surface area contributed by atoms with Crippen LogP contribution in [0.2, 0.25) is 0 Å². The van der Waals surface area contributed by atoms with Gasteiger partial charge >= 0.3 is 0 Å². The van der Waals surface area contributed by atoms with Crippen molar-refractivity contribution in [1.82, 2.24) is 14.9 Å². The lowest BCUT2D eigenvalue weighted by molar-refractivity contribution is -0.101. The van der Waals surface area contributed by atoms with E-state index in [2.05, 4.69) is 60.0 Å². The standard InChI is InChI=1S/C23H32N4O2/c1-5-27(6-2)19-13-21(16(3)4)29-22(14-19)17-7-9-18(10-8-17)26-23(28)20-15-24-11-12-25-20/h7-12,15-16,19,21-22H,5-6,13-14H2,1-4H3,(H,26,28)/t19-,21-,22+/m1/s1. The van der Waals surface area contributed by atoms with Gasteiger partial charge in [-0.2, -0.15) is 0 Å². The topological polar surface area (TPSA) is 67.4 Å². The maximum absolute atomic E-state index is 12.3. The second-order valence-corrected chi connectivity index (χ2v) is 7.92. The van der Waals surface area contributed by atoms with E-state index in [1.807, 2.05) is 12.1 Å². The van der Waals surface area contributed by atoms with Gasteiger partial charge in [-0.15, -0.1) is 0 Å². The molecule has 0 unspecified atom stereocenters. The average Bonchev–Trinajstić information content (AvgIpc) is 2.75. The molecule has 3 atom stereocenters. The highest BCUT2D eigenvalue weighted by Crippen LogP contribution is 2.36. The molecule has 0 bridgehead atoms. The quantitative estimate of drug-likeness (QED) is 0.755. The van der Waals surface area contributed by atoms with Gasteiger partial charge in [0.25, 0.3) is 5.91 Å². The van der Waals surface area contributed by atoms with Crippen LogP contribution in [-0.4, -0.2) is 46.0 Å². The molecule has 1 fully saturated rings. The lowest BCUT2D eigenvalue weighted by Gasteiger charge is -2.42. The lowest BCUT2D eigenvalue weighted by atomic mass is 9.89. The summed E-state index contributed by atoms with van der Waals surface area (Å²) < 4.78 is 6.46. The Morgan fingerprint density at radius 2 is 1.90 bits per heavy atom. The Bertz CT molecular complexity index is 775. The monoisotopic (exact) mass is 396 g/mol. The first-order chi connectivity index (χ1) is 14.0. The predicted octanol–water partition coefficient (Wildman–Crippen LogP) is 4.32. The van der Waals surface area contributed by atoms with Gasteiger partial charge < -0.3 is 15.0 Å². The van der Waals surface area contributed by atoms with E-state index < -0.39 is 0 Å². The number of rotatable bonds is 7. The zero-order valence-electron chi connectivity index (χ0n) is 17.8. The van der Waals surface area contributed by atoms with Gasteiger partial charge in [-0.05, 0) is 49.5 Å². The Morgan fingerprint density at radius 3 is 2.48 bits per heavy atom. The highest BCUT2D eigenvalue weighted by atomic mass is 16.5. The van der Waals surface area contributed by atoms with E-state index in [4.69, 9.17) is 4.74 Å². The van der Waals surface area contributed by atoms with E-state index in [1.165, 1.54) is 12.4 Å². The van der Waals surface area contributed by atoms with Gasteiger partial charge in [0.2, 0.25) is 0 Å². The Morgan fingerprint density at radius 1 is 1.17 bits per heavy atom. The summed E-state index contributed by atoms with van der Waals surface area (Å²) in [5.74, 6) is 0.225. The summed E-state index contributed by atoms with van der Waals surface area (Å²) in [6.07, 6.45) is 6.93. The summed E-state index contributed by atoms with van der Waals surface area (Å²) in [4.78, 5) is 22.8. The van der Waals surface area contributed by atoms with Crippen LogP contribution in [0.5, 0.6) is 0 Å². The van der Waals surface area contributed by atoms with Crippen LogP contribution < -0.4 is 5.32 Å². The number of nitrogens with zero attached hydrogens (tertiary/aromatic N) is 3. The minimum Gasteiger partial charge on any atom is -0.370 e. The molecule has 1 saturated heterocycles. The summed E-state index contributed by atoms with van der Waals surface area (Å²) >= 11 is 0. The first-order valence-electron chi connectivity index (χ1n) is 10.6. The van der Waals surface area contributed by atoms with E-state index >= 15 is 0 Å². The average molecular weight is 397 g/mol. The van der Waals surface area contributed by atoms with Crippen LogP contribution in [0.3, 0.4) is 0 Å². The number of aromatic nitrogens is 2. The van der Waals surface area contributed by atoms with Crippen LogP contribution in [-0.2, 0) is 4.74 Å². The molecule has 6 nitrogen and oxygen atoms in total. The first kappa shape index (κ1) is 21.4. The first-order valence-corrected chi connectivity index (χ1v) is 10.6. The van der Waals surface area contributed by atoms with Crippen LogP contribution >= 0.6 is 0 Å². The Balaban J connectivity index is 1.71. The molecule has 0 radical (unpaired) electrons. The number of ether oxygens (including phenoxy) is 1. The minimum atomic E-state index is -0.263. The number of anilines is 1. The van der Waals surface area contributed by atoms with Crippen molar-refractivity contribution >= 4 is 11.6 Å². The number of hydrogen-bond donors (Lipinski definition) is 1. The maximum atomic E-state index is 12.3. The zero-order valence-corrected chi connectivity index (χ0v) is 17.8. The number of amides is 1. The third-order valence-electron chi connectivity index (χ3n) is 5.74. The number of benzene rings is 1. The molecule has 1 aromatic heterocycles. The van der Waals surface area contributed by atoms with Gasteiger partial charge in [-0.25, -0.2) is 4.98 Å². The third-order valence-corrected chi connectivity index (χ3v) is 5.74. The van der Waals surface area contributed by atoms with Crippen molar-refractivity contribution in [2.45, 2.75) is 58.8 Å². The van der Waals surface area contributed by atoms with Crippen LogP contribution in [0.4, 0.5) is 5.69 Å². The molecule has 1 amide bonds. The SMILES string of the molecule is CCN(CC)[C@H]1C[C@@H](c2ccc(NC(=O)c3cnccn3)cc2)O[C@@H](C(C)C)C1. The molecule has 0 spiro atoms. The smallest absolute Gasteiger partial charge is 0.275 e. The molecule has 2 heterocycles. The van der Waals surface area contributed by atoms with E-state index in [9.17, 15) is 4.79 Å². The molecule has 6 heteroatoms. The van der Waals surface area contributed by atoms with Crippen molar-refractivity contribution in [1.29, 1.82) is 0 Å². The fourth-order valence-electron chi connectivity index (χ4n) is 4.01. The van der Waals surface area contributed by atoms with Crippen molar-refractivity contribution in [2.75, 3.05) is 18.4 Å². The highest BCUT2D eigenvalue weighted by Gasteiger charge is 2.34. The fourth-order valence-corrected chi connectivity index (χ4v) is 4.01. The van der Waals surface area contributed by atoms with Gasteiger partial charge in [0.05, 0.1) is 18.4 Å². The number of carbonyl (C=O) groups is 1. The van der Waals surface area contributed by atoms with Gasteiger partial charge in [0.15, 0.2) is 0 Å². The van der Waals surface area contributed by atoms with Crippen molar-refractivity contribution in [3.8, 4) is 0 Å². The minimum absolute atomic E-state index is 0.0755. The molecule has 29 heavy (non-hydrogen) atoms. The van der Waals surface area contributed by atoms with Crippen LogP contribution in [0.15, 0.2) is 42.9 Å². The van der Waals surface area contributed by atoms with Gasteiger partial charge in [-0.1, -0.05) is 39.8 Å². The molecule has 1 aromatic carbocycles. The predicted molar refractivity (Wildman–Crippen MR) is 115 cm³/mol. The molecular weight excluding hydrogens is 364 g/mol. The van der Waals surface area contributed by atoms with Gasteiger partial charge in [0, 0.05) is 24.1 Å². The largest absolute Gasteiger partial charge is 0.370 e. The van der Waals surface area contributed by atoms with Crippen molar-refractivity contribution < 1.29 is 9.53 Å². The second-order valence-electron chi connectivity index (χ2n) is 7.92. The lowest BCUT2D eigenvalue weighted by Crippen LogP contribution is -2.44. The summed E-state index contributed by atoms with van der Waals surface area (Å²) in [6, 6.07) is 8.50. The number of hydrogen-bond acceptors (Lipinski definition) is 5. The maximum Gasteiger partial charge on any atom is 0.275 e. The molecule has 1 aliphatic rings. The van der Waals surface area contributed by atoms with E-state index in [-0.39, 0.29) is 18.1 Å². The molecule has 1 N–H and O–H groups in total. The summed E-state index contributed by atoms with van der Waals surface area (Å²) in [5.41, 5.74) is 2.19. The highest BCUT2D eigenvalue weighted by molar-refractivity contribution is 6.02. The molecule has 156 valence electrons. The Labute approximate surface area is 173 Å². The Kier molecular flexibility index (Phi) is 7.34. The fraction of sp³-hybridized carbons (Fsp3) is 0.522. The molecule has 2 aromatic rings. The molecule has 1 aliphatic heterocycles. The van der Waals surface area contributed by atoms with Gasteiger partial charge in [0.1, 0.15) is 5.69 Å². The van der Waals surface area contributed by atoms with Crippen LogP contribution in [0, 0.1) is 5.92 Å². The van der Waals surface area contributed by atoms with E-state index in [0.717, 1.165) is 37.2 Å². The molecule has 0 saturated carbocycles. The summed E-state index contributed by atoms with van der Waals surface area (Å²) in [5, 5.41) is 2.87. The van der Waals surface area contributed by atoms with E-state index in [1.54, 1.807) is 6.20 Å². The molecule has 3 rings (SSSR count). The van der Waals surface area contributed by atoms with Crippen molar-refractivity contribution in [3.05, 3.63) is 54.1 Å². The summed E-state index contributed by atoms with van der Waals surface area (Å²) in [7, 11) is 0.